The van der Waals surface area contributed by atoms with Crippen LogP contribution in [0.25, 0.3) is 0 Å². The van der Waals surface area contributed by atoms with Crippen molar-refractivity contribution in [3.63, 3.8) is 0 Å². The van der Waals surface area contributed by atoms with Gasteiger partial charge in [0, 0.05) is 12.8 Å². The second-order valence-corrected chi connectivity index (χ2v) is 10.4. The van der Waals surface area contributed by atoms with E-state index in [1.54, 1.807) is 6.92 Å². The van der Waals surface area contributed by atoms with Crippen molar-refractivity contribution in [3.8, 4) is 0 Å². The summed E-state index contributed by atoms with van der Waals surface area (Å²) >= 11 is 0. The van der Waals surface area contributed by atoms with Crippen molar-refractivity contribution in [2.24, 2.45) is 40.4 Å². The Bertz CT molecular complexity index is 528. The molecule has 4 aliphatic carbocycles. The Labute approximate surface area is 154 Å². The first-order valence-corrected chi connectivity index (χ1v) is 11.0. The zero-order valence-electron chi connectivity index (χ0n) is 16.9. The molecule has 4 aliphatic rings. The maximum atomic E-state index is 11.5. The molecule has 0 spiro atoms. The fourth-order valence-electron chi connectivity index (χ4n) is 8.45. The highest BCUT2D eigenvalue weighted by atomic mass is 16.5. The van der Waals surface area contributed by atoms with Gasteiger partial charge in [-0.15, -0.1) is 0 Å². The van der Waals surface area contributed by atoms with Gasteiger partial charge in [0.15, 0.2) is 0 Å². The molecule has 4 saturated carbocycles. The van der Waals surface area contributed by atoms with E-state index in [9.17, 15) is 4.79 Å². The molecule has 0 saturated heterocycles. The minimum atomic E-state index is -0.108. The summed E-state index contributed by atoms with van der Waals surface area (Å²) in [6.45, 7) is 8.91. The molecule has 0 aromatic heterocycles. The van der Waals surface area contributed by atoms with Gasteiger partial charge in [-0.3, -0.25) is 4.79 Å². The van der Waals surface area contributed by atoms with Gasteiger partial charge in [-0.25, -0.2) is 0 Å². The largest absolute Gasteiger partial charge is 0.463 e. The quantitative estimate of drug-likeness (QED) is 0.574. The van der Waals surface area contributed by atoms with Crippen LogP contribution < -0.4 is 0 Å². The van der Waals surface area contributed by atoms with Crippen LogP contribution in [-0.4, -0.2) is 12.1 Å². The summed E-state index contributed by atoms with van der Waals surface area (Å²) in [4.78, 5) is 11.5. The maximum Gasteiger partial charge on any atom is 0.302 e. The van der Waals surface area contributed by atoms with E-state index in [0.29, 0.717) is 16.7 Å². The first-order valence-electron chi connectivity index (χ1n) is 11.0. The lowest BCUT2D eigenvalue weighted by Crippen LogP contribution is -2.53. The topological polar surface area (TPSA) is 26.3 Å². The lowest BCUT2D eigenvalue weighted by molar-refractivity contribution is -0.154. The number of carbonyl (C=O) groups excluding carboxylic acids is 1. The van der Waals surface area contributed by atoms with Crippen LogP contribution in [0.3, 0.4) is 0 Å². The molecule has 2 heteroatoms. The number of carbonyl (C=O) groups is 1. The van der Waals surface area contributed by atoms with Crippen molar-refractivity contribution in [2.75, 3.05) is 0 Å². The van der Waals surface area contributed by atoms with E-state index in [1.165, 1.54) is 64.2 Å². The smallest absolute Gasteiger partial charge is 0.302 e. The van der Waals surface area contributed by atoms with E-state index in [0.717, 1.165) is 23.7 Å². The number of rotatable bonds is 2. The summed E-state index contributed by atoms with van der Waals surface area (Å²) in [7, 11) is 0. The van der Waals surface area contributed by atoms with E-state index in [-0.39, 0.29) is 12.1 Å². The maximum absolute atomic E-state index is 11.5. The Morgan fingerprint density at radius 2 is 1.68 bits per heavy atom. The molecule has 0 amide bonds. The Kier molecular flexibility index (Phi) is 4.48. The van der Waals surface area contributed by atoms with Crippen molar-refractivity contribution >= 4 is 5.97 Å². The molecule has 0 aromatic rings. The average Bonchev–Trinajstić information content (AvgIpc) is 2.91. The van der Waals surface area contributed by atoms with Gasteiger partial charge in [-0.1, -0.05) is 26.7 Å². The van der Waals surface area contributed by atoms with E-state index in [2.05, 4.69) is 20.8 Å². The van der Waals surface area contributed by atoms with Crippen molar-refractivity contribution in [3.05, 3.63) is 0 Å². The molecule has 25 heavy (non-hydrogen) atoms. The number of hydrogen-bond donors (Lipinski definition) is 0. The highest BCUT2D eigenvalue weighted by Crippen LogP contribution is 2.67. The lowest BCUT2D eigenvalue weighted by Gasteiger charge is -2.60. The molecule has 2 nitrogen and oxygen atoms in total. The van der Waals surface area contributed by atoms with Crippen LogP contribution in [0.15, 0.2) is 0 Å². The molecule has 4 fully saturated rings. The third-order valence-electron chi connectivity index (χ3n) is 9.58. The molecule has 0 heterocycles. The average molecular weight is 347 g/mol. The normalized spacial score (nSPS) is 50.3. The third kappa shape index (κ3) is 2.69. The van der Waals surface area contributed by atoms with Gasteiger partial charge < -0.3 is 4.74 Å². The number of fused-ring (bicyclic) bond motifs is 5. The lowest BCUT2D eigenvalue weighted by atomic mass is 9.45. The fraction of sp³-hybridized carbons (Fsp3) is 0.957. The predicted molar refractivity (Wildman–Crippen MR) is 101 cm³/mol. The first kappa shape index (κ1) is 17.9. The predicted octanol–water partition coefficient (Wildman–Crippen LogP) is 5.99. The Hall–Kier alpha value is -0.530. The van der Waals surface area contributed by atoms with Crippen molar-refractivity contribution in [2.45, 2.75) is 98.0 Å². The number of hydrogen-bond acceptors (Lipinski definition) is 2. The molecular formula is C23H38O2. The molecule has 0 bridgehead atoms. The summed E-state index contributed by atoms with van der Waals surface area (Å²) in [6.07, 6.45) is 14.4. The summed E-state index contributed by atoms with van der Waals surface area (Å²) in [5.41, 5.74) is 1.02. The molecule has 0 aliphatic heterocycles. The minimum absolute atomic E-state index is 0.0886. The third-order valence-corrected chi connectivity index (χ3v) is 9.58. The summed E-state index contributed by atoms with van der Waals surface area (Å²) < 4.78 is 5.65. The molecular weight excluding hydrogens is 308 g/mol. The SMILES string of the molecule is CC(=O)O[C@H](C)[C@@H]1CC[C@@H]2[C@@H]3CC[C@H]4CCCC[C@]4(C)[C@@H]3CC[C@]21C. The van der Waals surface area contributed by atoms with E-state index in [1.807, 2.05) is 0 Å². The van der Waals surface area contributed by atoms with Crippen LogP contribution in [0.1, 0.15) is 91.9 Å². The first-order chi connectivity index (χ1) is 11.9. The molecule has 8 atom stereocenters. The Morgan fingerprint density at radius 3 is 2.44 bits per heavy atom. The van der Waals surface area contributed by atoms with Crippen molar-refractivity contribution < 1.29 is 9.53 Å². The minimum Gasteiger partial charge on any atom is -0.463 e. The van der Waals surface area contributed by atoms with Crippen LogP contribution in [0.4, 0.5) is 0 Å². The van der Waals surface area contributed by atoms with Gasteiger partial charge in [0.25, 0.3) is 0 Å². The van der Waals surface area contributed by atoms with Gasteiger partial charge in [-0.2, -0.15) is 0 Å². The summed E-state index contributed by atoms with van der Waals surface area (Å²) in [5.74, 6) is 4.24. The van der Waals surface area contributed by atoms with Crippen LogP contribution in [0.5, 0.6) is 0 Å². The van der Waals surface area contributed by atoms with E-state index >= 15 is 0 Å². The number of esters is 1. The highest BCUT2D eigenvalue weighted by Gasteiger charge is 2.60. The summed E-state index contributed by atoms with van der Waals surface area (Å²) in [6, 6.07) is 0. The van der Waals surface area contributed by atoms with E-state index < -0.39 is 0 Å². The van der Waals surface area contributed by atoms with Crippen LogP contribution in [0.2, 0.25) is 0 Å². The van der Waals surface area contributed by atoms with Gasteiger partial charge >= 0.3 is 5.97 Å². The molecule has 0 aromatic carbocycles. The monoisotopic (exact) mass is 346 g/mol. The highest BCUT2D eigenvalue weighted by molar-refractivity contribution is 5.66. The Balaban J connectivity index is 1.56. The zero-order chi connectivity index (χ0) is 17.8. The van der Waals surface area contributed by atoms with Crippen molar-refractivity contribution in [1.29, 1.82) is 0 Å². The Morgan fingerprint density at radius 1 is 0.920 bits per heavy atom. The van der Waals surface area contributed by atoms with E-state index in [4.69, 9.17) is 4.74 Å². The van der Waals surface area contributed by atoms with Gasteiger partial charge in [-0.05, 0) is 92.8 Å². The zero-order valence-corrected chi connectivity index (χ0v) is 16.9. The fourth-order valence-corrected chi connectivity index (χ4v) is 8.45. The van der Waals surface area contributed by atoms with Gasteiger partial charge in [0.05, 0.1) is 0 Å². The second kappa shape index (κ2) is 6.27. The second-order valence-electron chi connectivity index (χ2n) is 10.4. The van der Waals surface area contributed by atoms with Crippen LogP contribution >= 0.6 is 0 Å². The van der Waals surface area contributed by atoms with Crippen LogP contribution in [0, 0.1) is 40.4 Å². The van der Waals surface area contributed by atoms with Crippen molar-refractivity contribution in [1.82, 2.24) is 0 Å². The van der Waals surface area contributed by atoms with Gasteiger partial charge in [0.2, 0.25) is 0 Å². The molecule has 0 radical (unpaired) electrons. The van der Waals surface area contributed by atoms with Gasteiger partial charge in [0.1, 0.15) is 6.10 Å². The number of ether oxygens (including phenoxy) is 1. The standard InChI is InChI=1S/C23H38O2/c1-15(25-16(2)24)19-10-11-20-18-9-8-17-7-5-6-13-22(17,3)21(18)12-14-23(19,20)4/h15,17-21H,5-14H2,1-4H3/t15-,17-,18+,19+,20-,21-,22+,23+/m1/s1. The molecule has 0 unspecified atom stereocenters. The molecule has 4 rings (SSSR count). The van der Waals surface area contributed by atoms with Crippen LogP contribution in [-0.2, 0) is 9.53 Å². The molecule has 0 N–H and O–H groups in total. The molecule has 142 valence electrons. The summed E-state index contributed by atoms with van der Waals surface area (Å²) in [5, 5.41) is 0.